The number of likely N-dealkylation sites (N-methyl/N-ethyl adjacent to an activating group) is 1. The number of thioether (sulfide) groups is 1. The van der Waals surface area contributed by atoms with E-state index in [4.69, 9.17) is 9.97 Å². The fourth-order valence-electron chi connectivity index (χ4n) is 2.53. The largest absolute Gasteiger partial charge is 0.395 e. The topological polar surface area (TPSA) is 49.2 Å². The molecule has 0 radical (unpaired) electrons. The van der Waals surface area contributed by atoms with Crippen molar-refractivity contribution in [2.45, 2.75) is 24.5 Å². The molecule has 0 spiro atoms. The number of aryl methyl sites for hydroxylation is 2. The van der Waals surface area contributed by atoms with Crippen molar-refractivity contribution < 1.29 is 5.11 Å². The number of aromatic nitrogens is 2. The number of hydrogen-bond donors (Lipinski definition) is 1. The number of thiophene rings is 1. The first-order chi connectivity index (χ1) is 11.6. The summed E-state index contributed by atoms with van der Waals surface area (Å²) in [5.74, 6) is 2.48. The summed E-state index contributed by atoms with van der Waals surface area (Å²) in [5.41, 5.74) is 1.23. The Morgan fingerprint density at radius 3 is 2.62 bits per heavy atom. The van der Waals surface area contributed by atoms with Gasteiger partial charge < -0.3 is 10.0 Å². The van der Waals surface area contributed by atoms with Crippen LogP contribution in [0.4, 0.5) is 5.82 Å². The van der Waals surface area contributed by atoms with Crippen molar-refractivity contribution in [3.63, 3.8) is 0 Å². The molecule has 1 aromatic carbocycles. The van der Waals surface area contributed by atoms with E-state index in [-0.39, 0.29) is 6.61 Å². The number of anilines is 1. The normalized spacial score (nSPS) is 11.2. The molecule has 0 saturated carbocycles. The molecule has 0 unspecified atom stereocenters. The van der Waals surface area contributed by atoms with E-state index in [1.807, 2.05) is 30.1 Å². The average Bonchev–Trinajstić information content (AvgIpc) is 2.88. The molecule has 0 aliphatic heterocycles. The van der Waals surface area contributed by atoms with E-state index in [0.717, 1.165) is 27.6 Å². The molecule has 4 nitrogen and oxygen atoms in total. The maximum Gasteiger partial charge on any atom is 0.142 e. The predicted molar refractivity (Wildman–Crippen MR) is 103 cm³/mol. The number of rotatable bonds is 6. The molecule has 0 aliphatic rings. The van der Waals surface area contributed by atoms with E-state index in [0.29, 0.717) is 6.54 Å². The summed E-state index contributed by atoms with van der Waals surface area (Å²) in [4.78, 5) is 15.1. The molecule has 126 valence electrons. The minimum atomic E-state index is 0.109. The van der Waals surface area contributed by atoms with E-state index < -0.39 is 0 Å². The number of nitrogens with zero attached hydrogens (tertiary/aromatic N) is 3. The summed E-state index contributed by atoms with van der Waals surface area (Å²) in [7, 11) is 1.97. The Balaban J connectivity index is 1.97. The molecule has 0 bridgehead atoms. The van der Waals surface area contributed by atoms with Gasteiger partial charge in [0.2, 0.25) is 0 Å². The second kappa shape index (κ2) is 7.51. The van der Waals surface area contributed by atoms with Crippen molar-refractivity contribution in [3.8, 4) is 0 Å². The van der Waals surface area contributed by atoms with Crippen LogP contribution in [0.2, 0.25) is 0 Å². The van der Waals surface area contributed by atoms with Crippen LogP contribution >= 0.6 is 23.1 Å². The molecular formula is C18H21N3OS2. The highest BCUT2D eigenvalue weighted by Crippen LogP contribution is 2.35. The zero-order chi connectivity index (χ0) is 17.1. The first-order valence-corrected chi connectivity index (χ1v) is 9.67. The molecule has 0 atom stereocenters. The molecule has 24 heavy (non-hydrogen) atoms. The predicted octanol–water partition coefficient (Wildman–Crippen LogP) is 4.03. The SMILES string of the molecule is Cc1sc2nc(CSc3ccccc3)nc(N(C)CCO)c2c1C. The summed E-state index contributed by atoms with van der Waals surface area (Å²) < 4.78 is 0. The van der Waals surface area contributed by atoms with Crippen LogP contribution in [0.25, 0.3) is 10.2 Å². The Morgan fingerprint density at radius 2 is 1.92 bits per heavy atom. The average molecular weight is 360 g/mol. The van der Waals surface area contributed by atoms with E-state index in [2.05, 4.69) is 26.0 Å². The smallest absolute Gasteiger partial charge is 0.142 e. The van der Waals surface area contributed by atoms with Crippen LogP contribution in [-0.2, 0) is 5.75 Å². The number of benzene rings is 1. The Labute approximate surface area is 150 Å². The summed E-state index contributed by atoms with van der Waals surface area (Å²) in [6.45, 7) is 4.91. The molecular weight excluding hydrogens is 338 g/mol. The zero-order valence-electron chi connectivity index (χ0n) is 14.1. The molecule has 0 fully saturated rings. The lowest BCUT2D eigenvalue weighted by atomic mass is 10.2. The van der Waals surface area contributed by atoms with Gasteiger partial charge in [-0.2, -0.15) is 0 Å². The maximum absolute atomic E-state index is 9.28. The molecule has 2 aromatic heterocycles. The molecule has 3 aromatic rings. The van der Waals surface area contributed by atoms with Crippen LogP contribution in [-0.4, -0.2) is 35.3 Å². The molecule has 2 heterocycles. The van der Waals surface area contributed by atoms with Crippen molar-refractivity contribution >= 4 is 39.1 Å². The quantitative estimate of drug-likeness (QED) is 0.674. The van der Waals surface area contributed by atoms with Gasteiger partial charge in [0.15, 0.2) is 0 Å². The van der Waals surface area contributed by atoms with Gasteiger partial charge in [-0.3, -0.25) is 0 Å². The summed E-state index contributed by atoms with van der Waals surface area (Å²) in [6.07, 6.45) is 0. The second-order valence-corrected chi connectivity index (χ2v) is 7.93. The van der Waals surface area contributed by atoms with Crippen LogP contribution in [0.1, 0.15) is 16.3 Å². The van der Waals surface area contributed by atoms with Crippen molar-refractivity contribution in [2.75, 3.05) is 25.1 Å². The highest BCUT2D eigenvalue weighted by atomic mass is 32.2. The summed E-state index contributed by atoms with van der Waals surface area (Å²) in [5, 5.41) is 10.4. The Kier molecular flexibility index (Phi) is 5.38. The lowest BCUT2D eigenvalue weighted by Gasteiger charge is -2.19. The van der Waals surface area contributed by atoms with Gasteiger partial charge in [-0.15, -0.1) is 23.1 Å². The summed E-state index contributed by atoms with van der Waals surface area (Å²) in [6, 6.07) is 10.3. The van der Waals surface area contributed by atoms with Crippen LogP contribution < -0.4 is 4.90 Å². The number of aliphatic hydroxyl groups excluding tert-OH is 1. The minimum absolute atomic E-state index is 0.109. The second-order valence-electron chi connectivity index (χ2n) is 5.67. The number of aliphatic hydroxyl groups is 1. The minimum Gasteiger partial charge on any atom is -0.395 e. The van der Waals surface area contributed by atoms with Gasteiger partial charge in [0, 0.05) is 23.4 Å². The highest BCUT2D eigenvalue weighted by molar-refractivity contribution is 7.98. The van der Waals surface area contributed by atoms with E-state index in [9.17, 15) is 5.11 Å². The molecule has 3 rings (SSSR count). The molecule has 0 amide bonds. The van der Waals surface area contributed by atoms with Gasteiger partial charge in [0.05, 0.1) is 17.7 Å². The molecule has 0 saturated heterocycles. The Morgan fingerprint density at radius 1 is 1.17 bits per heavy atom. The van der Waals surface area contributed by atoms with Crippen molar-refractivity contribution in [1.82, 2.24) is 9.97 Å². The fraction of sp³-hybridized carbons (Fsp3) is 0.333. The van der Waals surface area contributed by atoms with Gasteiger partial charge in [-0.1, -0.05) is 18.2 Å². The highest BCUT2D eigenvalue weighted by Gasteiger charge is 2.17. The first kappa shape index (κ1) is 17.2. The Bertz CT molecular complexity index is 833. The number of fused-ring (bicyclic) bond motifs is 1. The van der Waals surface area contributed by atoms with Gasteiger partial charge in [-0.25, -0.2) is 9.97 Å². The van der Waals surface area contributed by atoms with Crippen LogP contribution in [0.15, 0.2) is 35.2 Å². The molecule has 0 aliphatic carbocycles. The van der Waals surface area contributed by atoms with E-state index in [1.165, 1.54) is 15.3 Å². The fourth-order valence-corrected chi connectivity index (χ4v) is 4.35. The summed E-state index contributed by atoms with van der Waals surface area (Å²) >= 11 is 3.45. The van der Waals surface area contributed by atoms with Crippen LogP contribution in [0.5, 0.6) is 0 Å². The van der Waals surface area contributed by atoms with Crippen molar-refractivity contribution in [2.24, 2.45) is 0 Å². The lowest BCUT2D eigenvalue weighted by Crippen LogP contribution is -2.23. The van der Waals surface area contributed by atoms with Gasteiger partial charge in [0.25, 0.3) is 0 Å². The lowest BCUT2D eigenvalue weighted by molar-refractivity contribution is 0.304. The first-order valence-electron chi connectivity index (χ1n) is 7.86. The van der Waals surface area contributed by atoms with Crippen molar-refractivity contribution in [3.05, 3.63) is 46.6 Å². The Hall–Kier alpha value is -1.63. The van der Waals surface area contributed by atoms with Gasteiger partial charge >= 0.3 is 0 Å². The monoisotopic (exact) mass is 359 g/mol. The van der Waals surface area contributed by atoms with Gasteiger partial charge in [-0.05, 0) is 31.5 Å². The van der Waals surface area contributed by atoms with Crippen LogP contribution in [0, 0.1) is 13.8 Å². The van der Waals surface area contributed by atoms with Gasteiger partial charge in [0.1, 0.15) is 16.5 Å². The maximum atomic E-state index is 9.28. The van der Waals surface area contributed by atoms with E-state index >= 15 is 0 Å². The third-order valence-corrected chi connectivity index (χ3v) is 6.07. The van der Waals surface area contributed by atoms with Crippen LogP contribution in [0.3, 0.4) is 0 Å². The third-order valence-electron chi connectivity index (χ3n) is 3.96. The molecule has 1 N–H and O–H groups in total. The van der Waals surface area contributed by atoms with E-state index in [1.54, 1.807) is 23.1 Å². The third kappa shape index (κ3) is 3.55. The zero-order valence-corrected chi connectivity index (χ0v) is 15.7. The van der Waals surface area contributed by atoms with Crippen molar-refractivity contribution in [1.29, 1.82) is 0 Å². The number of hydrogen-bond acceptors (Lipinski definition) is 6. The standard InChI is InChI=1S/C18H21N3OS2/c1-12-13(2)24-18-16(12)17(21(3)9-10-22)19-15(20-18)11-23-14-7-5-4-6-8-14/h4-8,22H,9-11H2,1-3H3. The molecule has 6 heteroatoms.